The van der Waals surface area contributed by atoms with E-state index >= 15 is 0 Å². The average molecular weight is 244 g/mol. The molecule has 0 heterocycles. The second-order valence-electron chi connectivity index (χ2n) is 5.06. The van der Waals surface area contributed by atoms with Gasteiger partial charge >= 0.3 is 0 Å². The van der Waals surface area contributed by atoms with Gasteiger partial charge in [-0.1, -0.05) is 51.1 Å². The van der Waals surface area contributed by atoms with Crippen LogP contribution >= 0.6 is 0 Å². The van der Waals surface area contributed by atoms with Crippen molar-refractivity contribution in [1.82, 2.24) is 5.32 Å². The zero-order chi connectivity index (χ0) is 13.6. The van der Waals surface area contributed by atoms with Gasteiger partial charge in [0.15, 0.2) is 0 Å². The molecule has 0 aliphatic heterocycles. The van der Waals surface area contributed by atoms with Gasteiger partial charge in [-0.2, -0.15) is 5.26 Å². The first-order chi connectivity index (χ1) is 8.51. The van der Waals surface area contributed by atoms with Gasteiger partial charge in [0.2, 0.25) is 5.91 Å². The third-order valence-electron chi connectivity index (χ3n) is 3.14. The molecule has 0 aromatic heterocycles. The second kappa shape index (κ2) is 6.20. The normalized spacial score (nSPS) is 12.6. The van der Waals surface area contributed by atoms with Crippen LogP contribution in [-0.2, 0) is 10.2 Å². The van der Waals surface area contributed by atoms with Gasteiger partial charge in [-0.05, 0) is 12.0 Å². The number of rotatable bonds is 5. The summed E-state index contributed by atoms with van der Waals surface area (Å²) in [5.41, 5.74) is 1.04. The molecule has 0 radical (unpaired) electrons. The Labute approximate surface area is 109 Å². The molecule has 1 unspecified atom stereocenters. The summed E-state index contributed by atoms with van der Waals surface area (Å²) in [5.74, 6) is -0.722. The van der Waals surface area contributed by atoms with Crippen molar-refractivity contribution >= 4 is 5.91 Å². The zero-order valence-electron chi connectivity index (χ0n) is 11.2. The third kappa shape index (κ3) is 3.59. The number of carbonyl (C=O) groups is 1. The monoisotopic (exact) mass is 244 g/mol. The fraction of sp³-hybridized carbons (Fsp3) is 0.467. The molecule has 96 valence electrons. The first kappa shape index (κ1) is 14.2. The minimum Gasteiger partial charge on any atom is -0.354 e. The van der Waals surface area contributed by atoms with Crippen molar-refractivity contribution in [3.63, 3.8) is 0 Å². The Morgan fingerprint density at radius 1 is 1.39 bits per heavy atom. The Hall–Kier alpha value is -1.82. The highest BCUT2D eigenvalue weighted by Gasteiger charge is 2.23. The van der Waals surface area contributed by atoms with Crippen molar-refractivity contribution < 1.29 is 4.79 Å². The van der Waals surface area contributed by atoms with Crippen LogP contribution in [0.1, 0.15) is 32.8 Å². The number of benzene rings is 1. The van der Waals surface area contributed by atoms with Crippen molar-refractivity contribution in [2.24, 2.45) is 5.92 Å². The van der Waals surface area contributed by atoms with Gasteiger partial charge in [-0.3, -0.25) is 4.79 Å². The Morgan fingerprint density at radius 2 is 2.00 bits per heavy atom. The van der Waals surface area contributed by atoms with Gasteiger partial charge in [0, 0.05) is 12.0 Å². The van der Waals surface area contributed by atoms with Gasteiger partial charge in [0.1, 0.15) is 5.92 Å². The highest BCUT2D eigenvalue weighted by Crippen LogP contribution is 2.21. The van der Waals surface area contributed by atoms with Gasteiger partial charge in [0.05, 0.1) is 6.07 Å². The molecule has 1 N–H and O–H groups in total. The molecular weight excluding hydrogens is 224 g/mol. The van der Waals surface area contributed by atoms with Crippen LogP contribution in [0.2, 0.25) is 0 Å². The summed E-state index contributed by atoms with van der Waals surface area (Å²) in [6, 6.07) is 12.1. The van der Waals surface area contributed by atoms with Crippen LogP contribution in [0.3, 0.4) is 0 Å². The summed E-state index contributed by atoms with van der Waals surface area (Å²) < 4.78 is 0. The number of nitrogens with one attached hydrogen (secondary N) is 1. The van der Waals surface area contributed by atoms with Crippen molar-refractivity contribution in [2.45, 2.75) is 32.6 Å². The summed E-state index contributed by atoms with van der Waals surface area (Å²) in [6.45, 7) is 6.54. The van der Waals surface area contributed by atoms with Crippen molar-refractivity contribution in [3.8, 4) is 6.07 Å². The van der Waals surface area contributed by atoms with E-state index in [1.54, 1.807) is 0 Å². The van der Waals surface area contributed by atoms with Crippen LogP contribution in [0.25, 0.3) is 0 Å². The molecule has 1 atom stereocenters. The van der Waals surface area contributed by atoms with Crippen LogP contribution in [-0.4, -0.2) is 12.5 Å². The summed E-state index contributed by atoms with van der Waals surface area (Å²) in [6.07, 6.45) is 0.550. The van der Waals surface area contributed by atoms with E-state index in [0.717, 1.165) is 0 Å². The highest BCUT2D eigenvalue weighted by atomic mass is 16.1. The fourth-order valence-corrected chi connectivity index (χ4v) is 1.76. The van der Waals surface area contributed by atoms with Crippen LogP contribution < -0.4 is 5.32 Å². The predicted octanol–water partition coefficient (Wildman–Crippen LogP) is 2.63. The Kier molecular flexibility index (Phi) is 4.91. The first-order valence-electron chi connectivity index (χ1n) is 6.24. The molecular formula is C15H20N2O. The topological polar surface area (TPSA) is 52.9 Å². The summed E-state index contributed by atoms with van der Waals surface area (Å²) in [7, 11) is 0. The van der Waals surface area contributed by atoms with Crippen LogP contribution in [0, 0.1) is 17.2 Å². The molecule has 0 aliphatic rings. The molecule has 0 fully saturated rings. The Balaban J connectivity index is 2.63. The van der Waals surface area contributed by atoms with Crippen LogP contribution in [0.15, 0.2) is 30.3 Å². The minimum atomic E-state index is -0.545. The maximum Gasteiger partial charge on any atom is 0.237 e. The lowest BCUT2D eigenvalue weighted by molar-refractivity contribution is -0.123. The Bertz CT molecular complexity index is 432. The fourth-order valence-electron chi connectivity index (χ4n) is 1.76. The summed E-state index contributed by atoms with van der Waals surface area (Å²) in [4.78, 5) is 11.7. The third-order valence-corrected chi connectivity index (χ3v) is 3.14. The number of nitriles is 1. The molecule has 1 aromatic rings. The highest BCUT2D eigenvalue weighted by molar-refractivity contribution is 5.81. The predicted molar refractivity (Wildman–Crippen MR) is 71.9 cm³/mol. The lowest BCUT2D eigenvalue weighted by Crippen LogP contribution is -2.39. The lowest BCUT2D eigenvalue weighted by atomic mass is 9.84. The quantitative estimate of drug-likeness (QED) is 0.865. The van der Waals surface area contributed by atoms with E-state index in [2.05, 4.69) is 19.2 Å². The van der Waals surface area contributed by atoms with Crippen LogP contribution in [0.5, 0.6) is 0 Å². The number of amides is 1. The zero-order valence-corrected chi connectivity index (χ0v) is 11.2. The standard InChI is InChI=1S/C15H20N2O/c1-4-12(10-16)14(18)17-11-15(2,3)13-8-6-5-7-9-13/h5-9,12H,4,11H2,1-3H3,(H,17,18). The van der Waals surface area contributed by atoms with Gasteiger partial charge in [-0.15, -0.1) is 0 Å². The molecule has 0 saturated carbocycles. The SMILES string of the molecule is CCC(C#N)C(=O)NCC(C)(C)c1ccccc1. The molecule has 3 nitrogen and oxygen atoms in total. The van der Waals surface area contributed by atoms with E-state index in [-0.39, 0.29) is 11.3 Å². The first-order valence-corrected chi connectivity index (χ1v) is 6.24. The lowest BCUT2D eigenvalue weighted by Gasteiger charge is -2.26. The Morgan fingerprint density at radius 3 is 2.50 bits per heavy atom. The number of hydrogen-bond acceptors (Lipinski definition) is 2. The minimum absolute atomic E-state index is 0.134. The number of nitrogens with zero attached hydrogens (tertiary/aromatic N) is 1. The maximum atomic E-state index is 11.7. The van der Waals surface area contributed by atoms with Crippen molar-refractivity contribution in [3.05, 3.63) is 35.9 Å². The number of hydrogen-bond donors (Lipinski definition) is 1. The van der Waals surface area contributed by atoms with E-state index in [1.807, 2.05) is 43.3 Å². The van der Waals surface area contributed by atoms with E-state index in [4.69, 9.17) is 5.26 Å². The molecule has 1 amide bonds. The average Bonchev–Trinajstić information content (AvgIpc) is 2.39. The van der Waals surface area contributed by atoms with E-state index in [9.17, 15) is 4.79 Å². The van der Waals surface area contributed by atoms with E-state index in [0.29, 0.717) is 13.0 Å². The molecule has 0 aliphatic carbocycles. The summed E-state index contributed by atoms with van der Waals surface area (Å²) >= 11 is 0. The molecule has 0 spiro atoms. The largest absolute Gasteiger partial charge is 0.354 e. The molecule has 0 saturated heterocycles. The van der Waals surface area contributed by atoms with Gasteiger partial charge in [-0.25, -0.2) is 0 Å². The van der Waals surface area contributed by atoms with Crippen molar-refractivity contribution in [1.29, 1.82) is 5.26 Å². The number of carbonyl (C=O) groups excluding carboxylic acids is 1. The van der Waals surface area contributed by atoms with Crippen LogP contribution in [0.4, 0.5) is 0 Å². The van der Waals surface area contributed by atoms with Crippen molar-refractivity contribution in [2.75, 3.05) is 6.54 Å². The van der Waals surface area contributed by atoms with E-state index < -0.39 is 5.92 Å². The van der Waals surface area contributed by atoms with Gasteiger partial charge < -0.3 is 5.32 Å². The maximum absolute atomic E-state index is 11.7. The molecule has 1 aromatic carbocycles. The molecule has 0 bridgehead atoms. The van der Waals surface area contributed by atoms with Gasteiger partial charge in [0.25, 0.3) is 0 Å². The second-order valence-corrected chi connectivity index (χ2v) is 5.06. The molecule has 3 heteroatoms. The molecule has 1 rings (SSSR count). The smallest absolute Gasteiger partial charge is 0.237 e. The molecule has 18 heavy (non-hydrogen) atoms. The summed E-state index contributed by atoms with van der Waals surface area (Å²) in [5, 5.41) is 11.7. The van der Waals surface area contributed by atoms with E-state index in [1.165, 1.54) is 5.56 Å².